The van der Waals surface area contributed by atoms with Crippen LogP contribution in [0, 0.1) is 6.92 Å². The highest BCUT2D eigenvalue weighted by Crippen LogP contribution is 2.24. The topological polar surface area (TPSA) is 75.7 Å². The number of nitrogens with zero attached hydrogens (tertiary/aromatic N) is 1. The molecule has 0 saturated carbocycles. The van der Waals surface area contributed by atoms with Crippen LogP contribution in [0.4, 0.5) is 11.4 Å². The Bertz CT molecular complexity index is 863. The standard InChI is InChI=1S/C19H24N2O4S/c1-5-18(19(22)20-15-7-6-8-17(13-15)25-3)21(26(4,23)24)16-11-9-14(2)10-12-16/h6-13,18H,5H2,1-4H3,(H,20,22)/t18-/m1/s1. The smallest absolute Gasteiger partial charge is 0.248 e. The number of hydrogen-bond donors (Lipinski definition) is 1. The number of hydrogen-bond acceptors (Lipinski definition) is 4. The number of amides is 1. The maximum atomic E-state index is 12.8. The van der Waals surface area contributed by atoms with Gasteiger partial charge in [-0.1, -0.05) is 30.7 Å². The van der Waals surface area contributed by atoms with Gasteiger partial charge in [-0.15, -0.1) is 0 Å². The molecular formula is C19H24N2O4S. The number of carbonyl (C=O) groups excluding carboxylic acids is 1. The molecule has 1 atom stereocenters. The van der Waals surface area contributed by atoms with Gasteiger partial charge in [0.2, 0.25) is 15.9 Å². The minimum atomic E-state index is -3.64. The molecule has 2 aromatic rings. The number of nitrogens with one attached hydrogen (secondary N) is 1. The Morgan fingerprint density at radius 1 is 1.19 bits per heavy atom. The Balaban J connectivity index is 2.34. The van der Waals surface area contributed by atoms with E-state index in [4.69, 9.17) is 4.74 Å². The molecule has 0 saturated heterocycles. The molecule has 2 aromatic carbocycles. The summed E-state index contributed by atoms with van der Waals surface area (Å²) in [6.45, 7) is 3.70. The van der Waals surface area contributed by atoms with Crippen LogP contribution in [0.1, 0.15) is 18.9 Å². The van der Waals surface area contributed by atoms with E-state index < -0.39 is 22.0 Å². The number of aryl methyl sites for hydroxylation is 1. The first kappa shape index (κ1) is 19.8. The predicted molar refractivity (Wildman–Crippen MR) is 104 cm³/mol. The van der Waals surface area contributed by atoms with Gasteiger partial charge in [0, 0.05) is 11.8 Å². The molecule has 0 fully saturated rings. The molecule has 0 aliphatic rings. The van der Waals surface area contributed by atoms with Gasteiger partial charge in [0.25, 0.3) is 0 Å². The molecule has 0 bridgehead atoms. The SMILES string of the molecule is CC[C@H](C(=O)Nc1cccc(OC)c1)N(c1ccc(C)cc1)S(C)(=O)=O. The molecule has 6 nitrogen and oxygen atoms in total. The van der Waals surface area contributed by atoms with Gasteiger partial charge >= 0.3 is 0 Å². The second-order valence-corrected chi connectivity index (χ2v) is 7.90. The normalized spacial score (nSPS) is 12.3. The Morgan fingerprint density at radius 2 is 1.85 bits per heavy atom. The zero-order valence-electron chi connectivity index (χ0n) is 15.4. The van der Waals surface area contributed by atoms with E-state index in [1.54, 1.807) is 50.4 Å². The van der Waals surface area contributed by atoms with Gasteiger partial charge < -0.3 is 10.1 Å². The van der Waals surface area contributed by atoms with Crippen LogP contribution < -0.4 is 14.4 Å². The van der Waals surface area contributed by atoms with Gasteiger partial charge in [-0.3, -0.25) is 9.10 Å². The van der Waals surface area contributed by atoms with Crippen molar-refractivity contribution in [3.8, 4) is 5.75 Å². The third kappa shape index (κ3) is 4.76. The third-order valence-electron chi connectivity index (χ3n) is 3.96. The zero-order valence-corrected chi connectivity index (χ0v) is 16.2. The lowest BCUT2D eigenvalue weighted by molar-refractivity contribution is -0.117. The second-order valence-electron chi connectivity index (χ2n) is 6.04. The molecule has 7 heteroatoms. The number of anilines is 2. The Labute approximate surface area is 154 Å². The lowest BCUT2D eigenvalue weighted by Gasteiger charge is -2.30. The molecule has 0 unspecified atom stereocenters. The summed E-state index contributed by atoms with van der Waals surface area (Å²) in [5.41, 5.74) is 2.02. The number of carbonyl (C=O) groups is 1. The van der Waals surface area contributed by atoms with Gasteiger partial charge in [0.05, 0.1) is 19.1 Å². The maximum absolute atomic E-state index is 12.8. The minimum absolute atomic E-state index is 0.330. The van der Waals surface area contributed by atoms with Crippen molar-refractivity contribution < 1.29 is 17.9 Å². The van der Waals surface area contributed by atoms with Crippen molar-refractivity contribution in [2.75, 3.05) is 23.0 Å². The summed E-state index contributed by atoms with van der Waals surface area (Å²) in [7, 11) is -2.10. The van der Waals surface area contributed by atoms with E-state index in [2.05, 4.69) is 5.32 Å². The number of benzene rings is 2. The van der Waals surface area contributed by atoms with Gasteiger partial charge in [0.1, 0.15) is 11.8 Å². The van der Waals surface area contributed by atoms with Crippen LogP contribution in [0.2, 0.25) is 0 Å². The van der Waals surface area contributed by atoms with Crippen molar-refractivity contribution in [3.05, 3.63) is 54.1 Å². The first-order valence-electron chi connectivity index (χ1n) is 8.27. The van der Waals surface area contributed by atoms with Crippen molar-refractivity contribution in [2.24, 2.45) is 0 Å². The fourth-order valence-corrected chi connectivity index (χ4v) is 3.89. The van der Waals surface area contributed by atoms with Crippen molar-refractivity contribution in [3.63, 3.8) is 0 Å². The van der Waals surface area contributed by atoms with Crippen molar-refractivity contribution >= 4 is 27.3 Å². The third-order valence-corrected chi connectivity index (χ3v) is 5.14. The molecule has 1 amide bonds. The first-order valence-corrected chi connectivity index (χ1v) is 10.1. The molecule has 1 N–H and O–H groups in total. The average molecular weight is 376 g/mol. The van der Waals surface area contributed by atoms with Crippen LogP contribution >= 0.6 is 0 Å². The van der Waals surface area contributed by atoms with Gasteiger partial charge in [-0.2, -0.15) is 0 Å². The lowest BCUT2D eigenvalue weighted by Crippen LogP contribution is -2.47. The lowest BCUT2D eigenvalue weighted by atomic mass is 10.1. The van der Waals surface area contributed by atoms with E-state index in [9.17, 15) is 13.2 Å². The molecule has 0 aliphatic heterocycles. The molecule has 2 rings (SSSR count). The summed E-state index contributed by atoms with van der Waals surface area (Å²) in [6.07, 6.45) is 1.44. The first-order chi connectivity index (χ1) is 12.3. The molecule has 0 heterocycles. The Kier molecular flexibility index (Phi) is 6.26. The summed E-state index contributed by atoms with van der Waals surface area (Å²) in [6, 6.07) is 13.1. The highest BCUT2D eigenvalue weighted by Gasteiger charge is 2.31. The van der Waals surface area contributed by atoms with Crippen LogP contribution in [-0.2, 0) is 14.8 Å². The van der Waals surface area contributed by atoms with E-state index >= 15 is 0 Å². The van der Waals surface area contributed by atoms with Crippen LogP contribution in [0.15, 0.2) is 48.5 Å². The fourth-order valence-electron chi connectivity index (χ4n) is 2.68. The van der Waals surface area contributed by atoms with Crippen LogP contribution in [0.5, 0.6) is 5.75 Å². The number of sulfonamides is 1. The quantitative estimate of drug-likeness (QED) is 0.805. The van der Waals surface area contributed by atoms with E-state index in [0.29, 0.717) is 23.5 Å². The van der Waals surface area contributed by atoms with Crippen LogP contribution in [0.3, 0.4) is 0 Å². The number of methoxy groups -OCH3 is 1. The summed E-state index contributed by atoms with van der Waals surface area (Å²) < 4.78 is 31.1. The highest BCUT2D eigenvalue weighted by molar-refractivity contribution is 7.92. The second kappa shape index (κ2) is 8.23. The number of rotatable bonds is 7. The zero-order chi connectivity index (χ0) is 19.3. The van der Waals surface area contributed by atoms with Gasteiger partial charge in [-0.05, 0) is 37.6 Å². The summed E-state index contributed by atoms with van der Waals surface area (Å²) in [5.74, 6) is 0.209. The van der Waals surface area contributed by atoms with Crippen molar-refractivity contribution in [1.82, 2.24) is 0 Å². The summed E-state index contributed by atoms with van der Waals surface area (Å²) >= 11 is 0. The van der Waals surface area contributed by atoms with Gasteiger partial charge in [0.15, 0.2) is 0 Å². The molecule has 0 spiro atoms. The fraction of sp³-hybridized carbons (Fsp3) is 0.316. The molecule has 0 aliphatic carbocycles. The number of ether oxygens (including phenoxy) is 1. The minimum Gasteiger partial charge on any atom is -0.497 e. The summed E-state index contributed by atoms with van der Waals surface area (Å²) in [4.78, 5) is 12.8. The van der Waals surface area contributed by atoms with E-state index in [0.717, 1.165) is 11.8 Å². The van der Waals surface area contributed by atoms with Crippen LogP contribution in [-0.4, -0.2) is 33.7 Å². The highest BCUT2D eigenvalue weighted by atomic mass is 32.2. The molecular weight excluding hydrogens is 352 g/mol. The van der Waals surface area contributed by atoms with Crippen molar-refractivity contribution in [1.29, 1.82) is 0 Å². The molecule has 0 aromatic heterocycles. The van der Waals surface area contributed by atoms with Crippen LogP contribution in [0.25, 0.3) is 0 Å². The Morgan fingerprint density at radius 3 is 2.38 bits per heavy atom. The molecule has 0 radical (unpaired) electrons. The predicted octanol–water partition coefficient (Wildman–Crippen LogP) is 3.19. The summed E-state index contributed by atoms with van der Waals surface area (Å²) in [5, 5.41) is 2.78. The van der Waals surface area contributed by atoms with Crippen molar-refractivity contribution in [2.45, 2.75) is 26.3 Å². The monoisotopic (exact) mass is 376 g/mol. The molecule has 26 heavy (non-hydrogen) atoms. The van der Waals surface area contributed by atoms with E-state index in [1.165, 1.54) is 4.31 Å². The van der Waals surface area contributed by atoms with E-state index in [-0.39, 0.29) is 0 Å². The molecule has 140 valence electrons. The maximum Gasteiger partial charge on any atom is 0.248 e. The largest absolute Gasteiger partial charge is 0.497 e. The Hall–Kier alpha value is -2.54. The van der Waals surface area contributed by atoms with Gasteiger partial charge in [-0.25, -0.2) is 8.42 Å². The average Bonchev–Trinajstić information content (AvgIpc) is 2.59. The van der Waals surface area contributed by atoms with E-state index in [1.807, 2.05) is 19.1 Å².